The zero-order chi connectivity index (χ0) is 17.2. The Morgan fingerprint density at radius 2 is 1.48 bits per heavy atom. The predicted octanol–water partition coefficient (Wildman–Crippen LogP) is 5.49. The van der Waals surface area contributed by atoms with Crippen molar-refractivity contribution in [2.24, 2.45) is 5.41 Å². The molecule has 0 amide bonds. The minimum atomic E-state index is -0.862. The van der Waals surface area contributed by atoms with Crippen LogP contribution in [0.4, 0.5) is 0 Å². The van der Waals surface area contributed by atoms with Crippen LogP contribution in [0.5, 0.6) is 0 Å². The van der Waals surface area contributed by atoms with Crippen molar-refractivity contribution >= 4 is 18.8 Å². The fourth-order valence-electron chi connectivity index (χ4n) is 2.91. The lowest BCUT2D eigenvalue weighted by Gasteiger charge is -2.26. The predicted molar refractivity (Wildman–Crippen MR) is 102 cm³/mol. The molecule has 0 heterocycles. The summed E-state index contributed by atoms with van der Waals surface area (Å²) in [6, 6.07) is 14.7. The maximum Gasteiger partial charge on any atom is 0.164 e. The van der Waals surface area contributed by atoms with Crippen molar-refractivity contribution < 1.29 is 4.79 Å². The van der Waals surface area contributed by atoms with E-state index >= 15 is 0 Å². The minimum absolute atomic E-state index is 0.311. The van der Waals surface area contributed by atoms with Crippen molar-refractivity contribution in [2.75, 3.05) is 0 Å². The first kappa shape index (κ1) is 17.9. The largest absolute Gasteiger partial charge is 0.294 e. The van der Waals surface area contributed by atoms with Gasteiger partial charge in [0.05, 0.1) is 0 Å². The molecule has 0 aliphatic heterocycles. The van der Waals surface area contributed by atoms with Gasteiger partial charge in [0.15, 0.2) is 5.52 Å². The Morgan fingerprint density at radius 1 is 0.957 bits per heavy atom. The molecule has 0 spiro atoms. The molecule has 0 bridgehead atoms. The summed E-state index contributed by atoms with van der Waals surface area (Å²) >= 11 is 0. The van der Waals surface area contributed by atoms with Gasteiger partial charge in [0.1, 0.15) is 0 Å². The van der Waals surface area contributed by atoms with Crippen LogP contribution in [0.3, 0.4) is 0 Å². The van der Waals surface area contributed by atoms with Gasteiger partial charge in [0, 0.05) is 19.5 Å². The van der Waals surface area contributed by atoms with Gasteiger partial charge in [0.2, 0.25) is 0 Å². The molecule has 2 aromatic carbocycles. The van der Waals surface area contributed by atoms with E-state index in [2.05, 4.69) is 45.0 Å². The normalized spacial score (nSPS) is 13.0. The Morgan fingerprint density at radius 3 is 1.96 bits per heavy atom. The van der Waals surface area contributed by atoms with E-state index in [1.54, 1.807) is 0 Å². The van der Waals surface area contributed by atoms with Crippen LogP contribution >= 0.6 is 7.92 Å². The number of carbonyl (C=O) groups excluding carboxylic acids is 1. The summed E-state index contributed by atoms with van der Waals surface area (Å²) in [7, 11) is -0.862. The molecule has 2 aromatic rings. The fourth-order valence-corrected chi connectivity index (χ4v) is 5.63. The molecule has 0 aliphatic rings. The Bertz CT molecular complexity index is 673. The summed E-state index contributed by atoms with van der Waals surface area (Å²) in [4.78, 5) is 13.1. The summed E-state index contributed by atoms with van der Waals surface area (Å²) in [5, 5.41) is 1.18. The van der Waals surface area contributed by atoms with Crippen molar-refractivity contribution in [3.05, 3.63) is 64.7 Å². The van der Waals surface area contributed by atoms with E-state index in [0.29, 0.717) is 5.52 Å². The van der Waals surface area contributed by atoms with E-state index in [0.717, 1.165) is 6.16 Å². The molecule has 2 rings (SSSR count). The lowest BCUT2D eigenvalue weighted by Crippen LogP contribution is -2.23. The van der Waals surface area contributed by atoms with E-state index in [1.807, 2.05) is 39.0 Å². The molecule has 0 fully saturated rings. The topological polar surface area (TPSA) is 17.1 Å². The lowest BCUT2D eigenvalue weighted by molar-refractivity contribution is -0.117. The van der Waals surface area contributed by atoms with Crippen molar-refractivity contribution in [2.45, 2.75) is 47.7 Å². The fraction of sp³-hybridized carbons (Fsp3) is 0.381. The van der Waals surface area contributed by atoms with Crippen LogP contribution in [0.2, 0.25) is 0 Å². The van der Waals surface area contributed by atoms with Crippen LogP contribution in [0, 0.1) is 26.2 Å². The van der Waals surface area contributed by atoms with Crippen molar-refractivity contribution in [1.82, 2.24) is 0 Å². The molecule has 0 saturated heterocycles. The lowest BCUT2D eigenvalue weighted by atomic mass is 9.99. The molecule has 2 heteroatoms. The molecule has 1 atom stereocenters. The highest BCUT2D eigenvalue weighted by Crippen LogP contribution is 2.46. The van der Waals surface area contributed by atoms with Crippen LogP contribution in [-0.4, -0.2) is 5.52 Å². The van der Waals surface area contributed by atoms with E-state index < -0.39 is 7.92 Å². The molecule has 1 unspecified atom stereocenters. The average Bonchev–Trinajstić information content (AvgIpc) is 2.46. The van der Waals surface area contributed by atoms with Gasteiger partial charge >= 0.3 is 0 Å². The molecular weight excluding hydrogens is 299 g/mol. The molecular formula is C21H27OP. The van der Waals surface area contributed by atoms with Crippen LogP contribution < -0.4 is 5.30 Å². The third kappa shape index (κ3) is 4.30. The minimum Gasteiger partial charge on any atom is -0.294 e. The number of rotatable bonds is 4. The van der Waals surface area contributed by atoms with Crippen molar-refractivity contribution in [3.63, 3.8) is 0 Å². The third-order valence-corrected chi connectivity index (χ3v) is 6.83. The SMILES string of the molecule is Cc1cc(C)c(CP(C(=O)C(C)(C)C)c2ccccc2)c(C)c1. The molecule has 0 saturated carbocycles. The van der Waals surface area contributed by atoms with Crippen molar-refractivity contribution in [3.8, 4) is 0 Å². The van der Waals surface area contributed by atoms with Gasteiger partial charge in [-0.3, -0.25) is 4.79 Å². The van der Waals surface area contributed by atoms with Crippen molar-refractivity contribution in [1.29, 1.82) is 0 Å². The van der Waals surface area contributed by atoms with Gasteiger partial charge in [0.25, 0.3) is 0 Å². The highest BCUT2D eigenvalue weighted by Gasteiger charge is 2.31. The van der Waals surface area contributed by atoms with Crippen LogP contribution in [0.25, 0.3) is 0 Å². The maximum absolute atomic E-state index is 13.1. The average molecular weight is 326 g/mol. The third-order valence-electron chi connectivity index (χ3n) is 4.11. The van der Waals surface area contributed by atoms with Gasteiger partial charge in [-0.15, -0.1) is 0 Å². The van der Waals surface area contributed by atoms with Gasteiger partial charge in [-0.2, -0.15) is 0 Å². The molecule has 122 valence electrons. The number of hydrogen-bond acceptors (Lipinski definition) is 1. The molecule has 23 heavy (non-hydrogen) atoms. The van der Waals surface area contributed by atoms with E-state index in [4.69, 9.17) is 0 Å². The first-order chi connectivity index (χ1) is 10.7. The summed E-state index contributed by atoms with van der Waals surface area (Å²) < 4.78 is 0. The van der Waals surface area contributed by atoms with E-state index in [-0.39, 0.29) is 5.41 Å². The summed E-state index contributed by atoms with van der Waals surface area (Å²) in [5.74, 6) is 0. The molecule has 0 aromatic heterocycles. The smallest absolute Gasteiger partial charge is 0.164 e. The zero-order valence-electron chi connectivity index (χ0n) is 15.1. The summed E-state index contributed by atoms with van der Waals surface area (Å²) in [5.41, 5.74) is 5.28. The Hall–Kier alpha value is -1.46. The van der Waals surface area contributed by atoms with Crippen LogP contribution in [-0.2, 0) is 11.0 Å². The second-order valence-electron chi connectivity index (χ2n) is 7.35. The second-order valence-corrected chi connectivity index (χ2v) is 9.45. The standard InChI is InChI=1S/C21H27OP/c1-15-12-16(2)19(17(3)13-15)14-23(20(22)21(4,5)6)18-10-8-7-9-11-18/h7-13H,14H2,1-6H3. The molecule has 0 aliphatic carbocycles. The molecule has 1 nitrogen and oxygen atoms in total. The van der Waals surface area contributed by atoms with E-state index in [9.17, 15) is 4.79 Å². The second kappa shape index (κ2) is 6.97. The number of carbonyl (C=O) groups is 1. The van der Waals surface area contributed by atoms with E-state index in [1.165, 1.54) is 27.6 Å². The summed E-state index contributed by atoms with van der Waals surface area (Å²) in [6.07, 6.45) is 0.841. The maximum atomic E-state index is 13.1. The monoisotopic (exact) mass is 326 g/mol. The number of aryl methyl sites for hydroxylation is 3. The van der Waals surface area contributed by atoms with Gasteiger partial charge in [-0.05, 0) is 42.8 Å². The Balaban J connectivity index is 2.46. The highest BCUT2D eigenvalue weighted by molar-refractivity contribution is 7.80. The highest BCUT2D eigenvalue weighted by atomic mass is 31.1. The Labute approximate surface area is 141 Å². The van der Waals surface area contributed by atoms with Gasteiger partial charge in [-0.1, -0.05) is 68.8 Å². The van der Waals surface area contributed by atoms with Crippen LogP contribution in [0.15, 0.2) is 42.5 Å². The quantitative estimate of drug-likeness (QED) is 0.679. The number of benzene rings is 2. The number of hydrogen-bond donors (Lipinski definition) is 0. The van der Waals surface area contributed by atoms with Crippen LogP contribution in [0.1, 0.15) is 43.0 Å². The molecule has 0 N–H and O–H groups in total. The first-order valence-corrected chi connectivity index (χ1v) is 9.66. The first-order valence-electron chi connectivity index (χ1n) is 8.14. The van der Waals surface area contributed by atoms with Gasteiger partial charge in [-0.25, -0.2) is 0 Å². The van der Waals surface area contributed by atoms with Gasteiger partial charge < -0.3 is 0 Å². The molecule has 0 radical (unpaired) electrons. The zero-order valence-corrected chi connectivity index (χ0v) is 16.0. The summed E-state index contributed by atoms with van der Waals surface area (Å²) in [6.45, 7) is 12.5. The Kier molecular flexibility index (Phi) is 5.42.